The Labute approximate surface area is 176 Å². The molecule has 1 aliphatic rings. The van der Waals surface area contributed by atoms with E-state index in [1.807, 2.05) is 41.1 Å². The smallest absolute Gasteiger partial charge is 0.223 e. The highest BCUT2D eigenvalue weighted by Gasteiger charge is 2.21. The number of amides is 1. The van der Waals surface area contributed by atoms with Gasteiger partial charge in [0, 0.05) is 62.0 Å². The quantitative estimate of drug-likeness (QED) is 0.686. The van der Waals surface area contributed by atoms with Gasteiger partial charge in [-0.05, 0) is 43.4 Å². The van der Waals surface area contributed by atoms with Crippen LogP contribution in [0, 0.1) is 5.82 Å². The van der Waals surface area contributed by atoms with E-state index in [2.05, 4.69) is 4.90 Å². The Bertz CT molecular complexity index is 803. The average molecular weight is 420 g/mol. The van der Waals surface area contributed by atoms with Crippen molar-refractivity contribution in [2.75, 3.05) is 51.8 Å². The maximum Gasteiger partial charge on any atom is 0.223 e. The minimum absolute atomic E-state index is 0.130. The first kappa shape index (κ1) is 21.4. The fourth-order valence-corrected chi connectivity index (χ4v) is 3.71. The molecule has 2 aromatic carbocycles. The normalized spacial score (nSPS) is 14.4. The lowest BCUT2D eigenvalue weighted by atomic mass is 10.2. The third-order valence-corrected chi connectivity index (χ3v) is 5.62. The van der Waals surface area contributed by atoms with Gasteiger partial charge in [0.1, 0.15) is 11.6 Å². The second-order valence-electron chi connectivity index (χ2n) is 7.25. The fraction of sp³-hybridized carbons (Fsp3) is 0.409. The van der Waals surface area contributed by atoms with Crippen LogP contribution in [0.15, 0.2) is 42.5 Å². The molecule has 0 radical (unpaired) electrons. The first-order valence-corrected chi connectivity index (χ1v) is 10.1. The Hall–Kier alpha value is -2.31. The number of ether oxygens (including phenoxy) is 1. The molecule has 0 bridgehead atoms. The van der Waals surface area contributed by atoms with Gasteiger partial charge in [-0.15, -0.1) is 0 Å². The van der Waals surface area contributed by atoms with Crippen LogP contribution >= 0.6 is 11.6 Å². The van der Waals surface area contributed by atoms with Crippen molar-refractivity contribution in [3.05, 3.63) is 58.9 Å². The summed E-state index contributed by atoms with van der Waals surface area (Å²) in [5.41, 5.74) is 1.61. The van der Waals surface area contributed by atoms with Crippen LogP contribution in [0.4, 0.5) is 10.1 Å². The van der Waals surface area contributed by atoms with Crippen LogP contribution in [0.25, 0.3) is 0 Å². The molecular formula is C22H27ClFN3O2. The number of carbonyl (C=O) groups excluding carboxylic acids is 1. The summed E-state index contributed by atoms with van der Waals surface area (Å²) < 4.78 is 19.1. The van der Waals surface area contributed by atoms with Gasteiger partial charge < -0.3 is 19.4 Å². The third-order valence-electron chi connectivity index (χ3n) is 5.27. The summed E-state index contributed by atoms with van der Waals surface area (Å²) in [5, 5.41) is 0.415. The Balaban J connectivity index is 1.44. The van der Waals surface area contributed by atoms with Crippen molar-refractivity contribution in [3.8, 4) is 5.75 Å². The Morgan fingerprint density at radius 1 is 1.14 bits per heavy atom. The van der Waals surface area contributed by atoms with Crippen molar-refractivity contribution < 1.29 is 13.9 Å². The summed E-state index contributed by atoms with van der Waals surface area (Å²) >= 11 is 6.09. The first-order chi connectivity index (χ1) is 14.0. The lowest BCUT2D eigenvalue weighted by Gasteiger charge is -2.36. The van der Waals surface area contributed by atoms with Crippen molar-refractivity contribution in [1.82, 2.24) is 9.80 Å². The fourth-order valence-electron chi connectivity index (χ4n) is 3.48. The van der Waals surface area contributed by atoms with Gasteiger partial charge in [-0.25, -0.2) is 4.39 Å². The lowest BCUT2D eigenvalue weighted by Crippen LogP contribution is -2.49. The van der Waals surface area contributed by atoms with Crippen molar-refractivity contribution in [3.63, 3.8) is 0 Å². The van der Waals surface area contributed by atoms with Gasteiger partial charge in [0.25, 0.3) is 0 Å². The largest absolute Gasteiger partial charge is 0.497 e. The molecule has 156 valence electrons. The summed E-state index contributed by atoms with van der Waals surface area (Å²) in [7, 11) is 3.53. The van der Waals surface area contributed by atoms with Crippen molar-refractivity contribution in [2.45, 2.75) is 13.0 Å². The topological polar surface area (TPSA) is 36.0 Å². The van der Waals surface area contributed by atoms with Gasteiger partial charge in [0.05, 0.1) is 7.11 Å². The van der Waals surface area contributed by atoms with Crippen LogP contribution in [-0.4, -0.2) is 62.6 Å². The van der Waals surface area contributed by atoms with Gasteiger partial charge in [-0.1, -0.05) is 17.7 Å². The number of anilines is 1. The van der Waals surface area contributed by atoms with Crippen molar-refractivity contribution in [2.24, 2.45) is 0 Å². The van der Waals surface area contributed by atoms with Gasteiger partial charge in [0.15, 0.2) is 0 Å². The van der Waals surface area contributed by atoms with Gasteiger partial charge in [-0.3, -0.25) is 4.79 Å². The van der Waals surface area contributed by atoms with E-state index in [1.165, 1.54) is 6.07 Å². The zero-order chi connectivity index (χ0) is 20.8. The lowest BCUT2D eigenvalue weighted by molar-refractivity contribution is -0.131. The molecule has 0 aromatic heterocycles. The number of benzene rings is 2. The maximum absolute atomic E-state index is 13.9. The van der Waals surface area contributed by atoms with E-state index < -0.39 is 0 Å². The Morgan fingerprint density at radius 3 is 2.45 bits per heavy atom. The molecule has 0 aliphatic carbocycles. The Morgan fingerprint density at radius 2 is 1.83 bits per heavy atom. The number of hydrogen-bond acceptors (Lipinski definition) is 4. The summed E-state index contributed by atoms with van der Waals surface area (Å²) in [4.78, 5) is 18.7. The van der Waals surface area contributed by atoms with E-state index in [9.17, 15) is 9.18 Å². The zero-order valence-corrected chi connectivity index (χ0v) is 17.7. The second-order valence-corrected chi connectivity index (χ2v) is 7.66. The highest BCUT2D eigenvalue weighted by atomic mass is 35.5. The molecule has 1 amide bonds. The van der Waals surface area contributed by atoms with E-state index in [0.717, 1.165) is 24.5 Å². The highest BCUT2D eigenvalue weighted by Crippen LogP contribution is 2.22. The Kier molecular flexibility index (Phi) is 7.34. The van der Waals surface area contributed by atoms with Gasteiger partial charge >= 0.3 is 0 Å². The molecule has 29 heavy (non-hydrogen) atoms. The molecular weight excluding hydrogens is 393 g/mol. The van der Waals surface area contributed by atoms with Crippen LogP contribution in [0.5, 0.6) is 5.75 Å². The number of piperazine rings is 1. The molecule has 0 unspecified atom stereocenters. The third kappa shape index (κ3) is 5.61. The highest BCUT2D eigenvalue weighted by molar-refractivity contribution is 6.31. The number of hydrogen-bond donors (Lipinski definition) is 0. The van der Waals surface area contributed by atoms with Crippen LogP contribution in [0.3, 0.4) is 0 Å². The van der Waals surface area contributed by atoms with Crippen LogP contribution in [0.1, 0.15) is 12.0 Å². The molecule has 1 heterocycles. The van der Waals surface area contributed by atoms with E-state index in [-0.39, 0.29) is 11.7 Å². The average Bonchev–Trinajstić information content (AvgIpc) is 2.75. The minimum Gasteiger partial charge on any atom is -0.497 e. The number of carbonyl (C=O) groups is 1. The van der Waals surface area contributed by atoms with Crippen LogP contribution in [0.2, 0.25) is 5.02 Å². The number of rotatable bonds is 7. The standard InChI is InChI=1S/C22H27ClFN3O2/c1-25(16-19-20(23)4-3-5-21(19)24)11-10-22(28)27-14-12-26(13-15-27)17-6-8-18(29-2)9-7-17/h3-9H,10-16H2,1-2H3. The van der Waals surface area contributed by atoms with E-state index in [4.69, 9.17) is 16.3 Å². The monoisotopic (exact) mass is 419 g/mol. The van der Waals surface area contributed by atoms with E-state index in [1.54, 1.807) is 19.2 Å². The van der Waals surface area contributed by atoms with E-state index in [0.29, 0.717) is 43.2 Å². The molecule has 1 aliphatic heterocycles. The van der Waals surface area contributed by atoms with Crippen LogP contribution in [-0.2, 0) is 11.3 Å². The predicted octanol–water partition coefficient (Wildman–Crippen LogP) is 3.66. The van der Waals surface area contributed by atoms with Gasteiger partial charge in [0.2, 0.25) is 5.91 Å². The number of methoxy groups -OCH3 is 1. The van der Waals surface area contributed by atoms with E-state index >= 15 is 0 Å². The summed E-state index contributed by atoms with van der Waals surface area (Å²) in [6.07, 6.45) is 0.408. The number of nitrogens with zero attached hydrogens (tertiary/aromatic N) is 3. The molecule has 1 fully saturated rings. The molecule has 0 N–H and O–H groups in total. The predicted molar refractivity (Wildman–Crippen MR) is 114 cm³/mol. The molecule has 7 heteroatoms. The summed E-state index contributed by atoms with van der Waals surface area (Å²) in [5.74, 6) is 0.652. The minimum atomic E-state index is -0.315. The maximum atomic E-state index is 13.9. The molecule has 0 spiro atoms. The summed E-state index contributed by atoms with van der Waals surface area (Å²) in [6, 6.07) is 12.7. The molecule has 0 saturated carbocycles. The van der Waals surface area contributed by atoms with Crippen molar-refractivity contribution >= 4 is 23.2 Å². The molecule has 3 rings (SSSR count). The SMILES string of the molecule is COc1ccc(N2CCN(C(=O)CCN(C)Cc3c(F)cccc3Cl)CC2)cc1. The second kappa shape index (κ2) is 9.94. The van der Waals surface area contributed by atoms with Crippen LogP contribution < -0.4 is 9.64 Å². The zero-order valence-electron chi connectivity index (χ0n) is 16.9. The summed E-state index contributed by atoms with van der Waals surface area (Å²) in [6.45, 7) is 3.95. The number of halogens is 2. The molecule has 0 atom stereocenters. The molecule has 5 nitrogen and oxygen atoms in total. The van der Waals surface area contributed by atoms with Crippen molar-refractivity contribution in [1.29, 1.82) is 0 Å². The first-order valence-electron chi connectivity index (χ1n) is 9.76. The van der Waals surface area contributed by atoms with Gasteiger partial charge in [-0.2, -0.15) is 0 Å². The molecule has 2 aromatic rings. The molecule has 1 saturated heterocycles.